The maximum Gasteiger partial charge on any atom is 0.273 e. The van der Waals surface area contributed by atoms with E-state index in [0.29, 0.717) is 41.2 Å². The molecule has 0 atom stereocenters. The minimum absolute atomic E-state index is 0.00974. The highest BCUT2D eigenvalue weighted by molar-refractivity contribution is 5.52. The lowest BCUT2D eigenvalue weighted by molar-refractivity contribution is -0.385. The van der Waals surface area contributed by atoms with E-state index in [1.807, 2.05) is 18.2 Å². The number of piperidine rings is 2. The van der Waals surface area contributed by atoms with Crippen molar-refractivity contribution < 1.29 is 23.9 Å². The molecule has 0 amide bonds. The average Bonchev–Trinajstić information content (AvgIpc) is 2.95. The molecular weight excluding hydrogens is 536 g/mol. The van der Waals surface area contributed by atoms with Gasteiger partial charge in [0.2, 0.25) is 0 Å². The topological polar surface area (TPSA) is 113 Å². The second-order valence-electron chi connectivity index (χ2n) is 12.7. The fourth-order valence-corrected chi connectivity index (χ4v) is 5.03. The van der Waals surface area contributed by atoms with Gasteiger partial charge in [-0.15, -0.1) is 0 Å². The van der Waals surface area contributed by atoms with Gasteiger partial charge in [-0.05, 0) is 80.9 Å². The van der Waals surface area contributed by atoms with Crippen molar-refractivity contribution in [2.75, 3.05) is 72.4 Å². The first-order chi connectivity index (χ1) is 19.9. The molecule has 10 heteroatoms. The number of anilines is 1. The third-order valence-electron chi connectivity index (χ3n) is 8.30. The van der Waals surface area contributed by atoms with Crippen LogP contribution in [0.2, 0.25) is 0 Å². The van der Waals surface area contributed by atoms with Gasteiger partial charge in [-0.25, -0.2) is 0 Å². The van der Waals surface area contributed by atoms with Crippen molar-refractivity contribution in [3.05, 3.63) is 46.5 Å². The van der Waals surface area contributed by atoms with Gasteiger partial charge in [-0.3, -0.25) is 19.9 Å². The van der Waals surface area contributed by atoms with Crippen molar-refractivity contribution in [1.82, 2.24) is 9.80 Å². The van der Waals surface area contributed by atoms with Gasteiger partial charge < -0.3 is 24.7 Å². The Morgan fingerprint density at radius 2 is 1.17 bits per heavy atom. The number of nitrogens with two attached hydrogens (primary N) is 1. The number of hydrogen-bond acceptors (Lipinski definition) is 9. The molecule has 2 heterocycles. The number of nitro groups is 1. The van der Waals surface area contributed by atoms with Gasteiger partial charge in [0, 0.05) is 30.9 Å². The predicted octanol–water partition coefficient (Wildman–Crippen LogP) is 5.88. The molecule has 0 bridgehead atoms. The van der Waals surface area contributed by atoms with Crippen LogP contribution in [0, 0.1) is 20.9 Å². The van der Waals surface area contributed by atoms with E-state index >= 15 is 0 Å². The average molecular weight is 587 g/mol. The minimum atomic E-state index is -0.432. The summed E-state index contributed by atoms with van der Waals surface area (Å²) < 4.78 is 22.0. The number of likely N-dealkylation sites (tertiary alicyclic amines) is 2. The van der Waals surface area contributed by atoms with Crippen molar-refractivity contribution in [1.29, 1.82) is 0 Å². The predicted molar refractivity (Wildman–Crippen MR) is 167 cm³/mol. The Kier molecular flexibility index (Phi) is 12.1. The molecule has 0 aliphatic carbocycles. The Balaban J connectivity index is 0.000000231. The molecule has 2 fully saturated rings. The SMILES string of the molecule is COc1ccc(N)cc1OCCN1CCC(C)(C)CC1.COc1ccc([N+](=O)[O-])cc1OCCN1CCC(C)(C)CC1. The van der Waals surface area contributed by atoms with Crippen molar-refractivity contribution in [3.8, 4) is 23.0 Å². The van der Waals surface area contributed by atoms with Gasteiger partial charge in [-0.1, -0.05) is 27.7 Å². The molecule has 2 N–H and O–H groups in total. The second kappa shape index (κ2) is 15.3. The summed E-state index contributed by atoms with van der Waals surface area (Å²) in [6, 6.07) is 9.87. The van der Waals surface area contributed by atoms with E-state index in [2.05, 4.69) is 37.5 Å². The van der Waals surface area contributed by atoms with Crippen LogP contribution in [0.3, 0.4) is 0 Å². The fraction of sp³-hybridized carbons (Fsp3) is 0.625. The summed E-state index contributed by atoms with van der Waals surface area (Å²) in [4.78, 5) is 15.2. The summed E-state index contributed by atoms with van der Waals surface area (Å²) in [5.41, 5.74) is 7.41. The Labute approximate surface area is 251 Å². The van der Waals surface area contributed by atoms with Crippen LogP contribution in [0.1, 0.15) is 53.4 Å². The number of benzene rings is 2. The van der Waals surface area contributed by atoms with Gasteiger partial charge in [0.1, 0.15) is 13.2 Å². The maximum absolute atomic E-state index is 10.8. The summed E-state index contributed by atoms with van der Waals surface area (Å²) in [7, 11) is 3.17. The van der Waals surface area contributed by atoms with E-state index < -0.39 is 4.92 Å². The van der Waals surface area contributed by atoms with Crippen LogP contribution < -0.4 is 24.7 Å². The lowest BCUT2D eigenvalue weighted by Crippen LogP contribution is -2.39. The minimum Gasteiger partial charge on any atom is -0.493 e. The molecule has 10 nitrogen and oxygen atoms in total. The maximum atomic E-state index is 10.8. The van der Waals surface area contributed by atoms with Gasteiger partial charge in [0.05, 0.1) is 25.2 Å². The van der Waals surface area contributed by atoms with E-state index in [-0.39, 0.29) is 5.69 Å². The monoisotopic (exact) mass is 586 g/mol. The number of nitrogens with zero attached hydrogens (tertiary/aromatic N) is 3. The quantitative estimate of drug-likeness (QED) is 0.196. The van der Waals surface area contributed by atoms with Crippen molar-refractivity contribution >= 4 is 11.4 Å². The Morgan fingerprint density at radius 1 is 0.738 bits per heavy atom. The van der Waals surface area contributed by atoms with Crippen molar-refractivity contribution in [2.45, 2.75) is 53.4 Å². The molecule has 4 rings (SSSR count). The van der Waals surface area contributed by atoms with E-state index in [1.54, 1.807) is 13.2 Å². The van der Waals surface area contributed by atoms with Crippen LogP contribution in [0.4, 0.5) is 11.4 Å². The summed E-state index contributed by atoms with van der Waals surface area (Å²) in [5, 5.41) is 10.8. The third-order valence-corrected chi connectivity index (χ3v) is 8.30. The number of hydrogen-bond donors (Lipinski definition) is 1. The third kappa shape index (κ3) is 10.5. The molecule has 0 unspecified atom stereocenters. The molecule has 42 heavy (non-hydrogen) atoms. The van der Waals surface area contributed by atoms with Crippen LogP contribution in [0.5, 0.6) is 23.0 Å². The highest BCUT2D eigenvalue weighted by atomic mass is 16.6. The summed E-state index contributed by atoms with van der Waals surface area (Å²) in [5.74, 6) is 2.41. The van der Waals surface area contributed by atoms with E-state index in [9.17, 15) is 10.1 Å². The zero-order chi connectivity index (χ0) is 30.8. The first kappa shape index (κ1) is 33.3. The zero-order valence-electron chi connectivity index (χ0n) is 26.3. The molecule has 0 aromatic heterocycles. The lowest BCUT2D eigenvalue weighted by Gasteiger charge is -2.36. The lowest BCUT2D eigenvalue weighted by atomic mass is 9.83. The number of nitrogen functional groups attached to an aromatic ring is 1. The molecule has 2 aliphatic rings. The van der Waals surface area contributed by atoms with Gasteiger partial charge in [0.15, 0.2) is 23.0 Å². The first-order valence-corrected chi connectivity index (χ1v) is 14.9. The standard InChI is InChI=1S/C16H24N2O4.C16H26N2O2/c1-16(2)6-8-17(9-7-16)10-11-22-15-12-13(18(19)20)4-5-14(15)21-3;1-16(2)6-8-18(9-7-16)10-11-20-15-12-13(17)4-5-14(15)19-3/h4-5,12H,6-11H2,1-3H3;4-5,12H,6-11,17H2,1-3H3. The van der Waals surface area contributed by atoms with Crippen LogP contribution in [-0.2, 0) is 0 Å². The van der Waals surface area contributed by atoms with E-state index in [1.165, 1.54) is 44.9 Å². The molecule has 0 radical (unpaired) electrons. The summed E-state index contributed by atoms with van der Waals surface area (Å²) in [6.45, 7) is 16.7. The van der Waals surface area contributed by atoms with E-state index in [4.69, 9.17) is 24.7 Å². The molecule has 2 aliphatic heterocycles. The Hall–Kier alpha value is -3.24. The Bertz CT molecular complexity index is 1140. The normalized spacial score (nSPS) is 18.3. The van der Waals surface area contributed by atoms with Crippen molar-refractivity contribution in [2.24, 2.45) is 10.8 Å². The number of methoxy groups -OCH3 is 2. The molecule has 0 saturated carbocycles. The summed E-state index contributed by atoms with van der Waals surface area (Å²) >= 11 is 0. The molecule has 234 valence electrons. The number of ether oxygens (including phenoxy) is 4. The number of rotatable bonds is 11. The first-order valence-electron chi connectivity index (χ1n) is 14.9. The van der Waals surface area contributed by atoms with Crippen LogP contribution in [0.25, 0.3) is 0 Å². The van der Waals surface area contributed by atoms with Crippen molar-refractivity contribution in [3.63, 3.8) is 0 Å². The van der Waals surface area contributed by atoms with Crippen LogP contribution >= 0.6 is 0 Å². The fourth-order valence-electron chi connectivity index (χ4n) is 5.03. The molecule has 2 saturated heterocycles. The molecule has 2 aromatic rings. The van der Waals surface area contributed by atoms with Gasteiger partial charge >= 0.3 is 0 Å². The number of nitro benzene ring substituents is 1. The van der Waals surface area contributed by atoms with Gasteiger partial charge in [0.25, 0.3) is 5.69 Å². The van der Waals surface area contributed by atoms with E-state index in [0.717, 1.165) is 50.8 Å². The summed E-state index contributed by atoms with van der Waals surface area (Å²) in [6.07, 6.45) is 4.89. The smallest absolute Gasteiger partial charge is 0.273 e. The van der Waals surface area contributed by atoms with Gasteiger partial charge in [-0.2, -0.15) is 0 Å². The Morgan fingerprint density at radius 3 is 1.60 bits per heavy atom. The molecule has 2 aromatic carbocycles. The highest BCUT2D eigenvalue weighted by Gasteiger charge is 2.26. The zero-order valence-corrected chi connectivity index (χ0v) is 26.3. The van der Waals surface area contributed by atoms with Crippen LogP contribution in [0.15, 0.2) is 36.4 Å². The van der Waals surface area contributed by atoms with Crippen LogP contribution in [-0.4, -0.2) is 81.4 Å². The highest BCUT2D eigenvalue weighted by Crippen LogP contribution is 2.33. The largest absolute Gasteiger partial charge is 0.493 e. The number of non-ortho nitro benzene ring substituents is 1. The second-order valence-corrected chi connectivity index (χ2v) is 12.7. The molecular formula is C32H50N4O6. The molecule has 0 spiro atoms.